The van der Waals surface area contributed by atoms with Gasteiger partial charge in [0.2, 0.25) is 0 Å². The fourth-order valence-corrected chi connectivity index (χ4v) is 2.99. The molecule has 6 nitrogen and oxygen atoms in total. The molecule has 24 heavy (non-hydrogen) atoms. The molecule has 0 saturated carbocycles. The van der Waals surface area contributed by atoms with Crippen LogP contribution in [-0.4, -0.2) is 36.7 Å². The van der Waals surface area contributed by atoms with Crippen molar-refractivity contribution in [2.24, 2.45) is 7.05 Å². The van der Waals surface area contributed by atoms with Crippen LogP contribution in [0.3, 0.4) is 0 Å². The molecule has 0 aliphatic carbocycles. The van der Waals surface area contributed by atoms with Gasteiger partial charge in [0.25, 0.3) is 5.91 Å². The van der Waals surface area contributed by atoms with Gasteiger partial charge in [-0.25, -0.2) is 4.52 Å². The summed E-state index contributed by atoms with van der Waals surface area (Å²) in [7, 11) is 1.93. The second kappa shape index (κ2) is 6.11. The molecule has 126 valence electrons. The molecular formula is C18H23N5O. The van der Waals surface area contributed by atoms with Crippen molar-refractivity contribution < 1.29 is 4.79 Å². The zero-order valence-electron chi connectivity index (χ0n) is 14.9. The van der Waals surface area contributed by atoms with Crippen LogP contribution >= 0.6 is 0 Å². The summed E-state index contributed by atoms with van der Waals surface area (Å²) in [4.78, 5) is 14.9. The van der Waals surface area contributed by atoms with Crippen molar-refractivity contribution in [2.45, 2.75) is 34.2 Å². The van der Waals surface area contributed by atoms with Crippen molar-refractivity contribution in [1.29, 1.82) is 0 Å². The number of pyridine rings is 1. The minimum Gasteiger partial charge on any atom is -0.334 e. The minimum absolute atomic E-state index is 0.000920. The highest BCUT2D eigenvalue weighted by atomic mass is 16.2. The molecule has 3 aromatic rings. The number of hydrogen-bond acceptors (Lipinski definition) is 3. The summed E-state index contributed by atoms with van der Waals surface area (Å²) in [6.45, 7) is 9.22. The number of carbonyl (C=O) groups is 1. The highest BCUT2D eigenvalue weighted by Crippen LogP contribution is 2.19. The summed E-state index contributed by atoms with van der Waals surface area (Å²) in [5.41, 5.74) is 5.75. The first kappa shape index (κ1) is 16.2. The van der Waals surface area contributed by atoms with Gasteiger partial charge in [0.1, 0.15) is 0 Å². The van der Waals surface area contributed by atoms with Crippen LogP contribution in [0.2, 0.25) is 0 Å². The molecule has 3 heterocycles. The Morgan fingerprint density at radius 2 is 2.00 bits per heavy atom. The van der Waals surface area contributed by atoms with Crippen LogP contribution in [0.1, 0.15) is 39.8 Å². The second-order valence-electron chi connectivity index (χ2n) is 6.19. The van der Waals surface area contributed by atoms with Crippen LogP contribution in [0, 0.1) is 20.8 Å². The smallest absolute Gasteiger partial charge is 0.257 e. The predicted molar refractivity (Wildman–Crippen MR) is 93.0 cm³/mol. The van der Waals surface area contributed by atoms with E-state index in [-0.39, 0.29) is 5.91 Å². The Bertz CT molecular complexity index is 906. The Hall–Kier alpha value is -2.63. The number of amides is 1. The van der Waals surface area contributed by atoms with E-state index >= 15 is 0 Å². The Labute approximate surface area is 141 Å². The number of hydrogen-bond donors (Lipinski definition) is 0. The highest BCUT2D eigenvalue weighted by molar-refractivity contribution is 6.00. The van der Waals surface area contributed by atoms with E-state index in [9.17, 15) is 4.79 Å². The average molecular weight is 325 g/mol. The van der Waals surface area contributed by atoms with Crippen molar-refractivity contribution in [1.82, 2.24) is 24.3 Å². The van der Waals surface area contributed by atoms with Gasteiger partial charge in [0.05, 0.1) is 23.0 Å². The lowest BCUT2D eigenvalue weighted by molar-refractivity contribution is 0.0754. The summed E-state index contributed by atoms with van der Waals surface area (Å²) >= 11 is 0. The summed E-state index contributed by atoms with van der Waals surface area (Å²) in [5.74, 6) is -0.000920. The van der Waals surface area contributed by atoms with E-state index in [4.69, 9.17) is 0 Å². The van der Waals surface area contributed by atoms with Crippen LogP contribution in [0.15, 0.2) is 24.5 Å². The first-order chi connectivity index (χ1) is 11.4. The third kappa shape index (κ3) is 2.68. The Morgan fingerprint density at radius 3 is 2.62 bits per heavy atom. The first-order valence-electron chi connectivity index (χ1n) is 8.14. The molecule has 0 radical (unpaired) electrons. The first-order valence-corrected chi connectivity index (χ1v) is 8.14. The molecule has 0 N–H and O–H groups in total. The lowest BCUT2D eigenvalue weighted by Gasteiger charge is -2.20. The van der Waals surface area contributed by atoms with Gasteiger partial charge in [-0.1, -0.05) is 6.07 Å². The maximum atomic E-state index is 13.0. The Morgan fingerprint density at radius 1 is 1.25 bits per heavy atom. The van der Waals surface area contributed by atoms with Gasteiger partial charge >= 0.3 is 0 Å². The fourth-order valence-electron chi connectivity index (χ4n) is 2.99. The highest BCUT2D eigenvalue weighted by Gasteiger charge is 2.21. The van der Waals surface area contributed by atoms with Gasteiger partial charge in [-0.2, -0.15) is 10.2 Å². The summed E-state index contributed by atoms with van der Waals surface area (Å²) in [6.07, 6.45) is 3.58. The molecule has 1 amide bonds. The van der Waals surface area contributed by atoms with E-state index in [2.05, 4.69) is 10.2 Å². The number of carbonyl (C=O) groups excluding carboxylic acids is 1. The summed E-state index contributed by atoms with van der Waals surface area (Å²) < 4.78 is 3.62. The number of fused-ring (bicyclic) bond motifs is 1. The molecular weight excluding hydrogens is 302 g/mol. The standard InChI is InChI=1S/C18H23N5O/c1-6-22(11-16-13(3)20-21(5)14(16)4)18(24)15-9-19-23-10-12(2)7-8-17(15)23/h7-10H,6,11H2,1-5H3. The molecule has 0 spiro atoms. The maximum Gasteiger partial charge on any atom is 0.257 e. The Kier molecular flexibility index (Phi) is 4.13. The lowest BCUT2D eigenvalue weighted by Crippen LogP contribution is -2.30. The van der Waals surface area contributed by atoms with Crippen molar-refractivity contribution in [2.75, 3.05) is 6.54 Å². The van der Waals surface area contributed by atoms with Crippen LogP contribution in [0.4, 0.5) is 0 Å². The topological polar surface area (TPSA) is 55.4 Å². The molecule has 0 saturated heterocycles. The van der Waals surface area contributed by atoms with Crippen molar-refractivity contribution >= 4 is 11.4 Å². The molecule has 0 unspecified atom stereocenters. The minimum atomic E-state index is -0.000920. The summed E-state index contributed by atoms with van der Waals surface area (Å²) in [6, 6.07) is 3.95. The van der Waals surface area contributed by atoms with Gasteiger partial charge in [-0.3, -0.25) is 9.48 Å². The van der Waals surface area contributed by atoms with E-state index in [1.807, 2.05) is 62.7 Å². The maximum absolute atomic E-state index is 13.0. The molecule has 0 fully saturated rings. The molecule has 0 bridgehead atoms. The van der Waals surface area contributed by atoms with Gasteiger partial charge in [-0.15, -0.1) is 0 Å². The van der Waals surface area contributed by atoms with Gasteiger partial charge in [0, 0.05) is 37.6 Å². The molecule has 0 aromatic carbocycles. The monoisotopic (exact) mass is 325 g/mol. The van der Waals surface area contributed by atoms with Crippen molar-refractivity contribution in [3.05, 3.63) is 52.6 Å². The number of nitrogens with zero attached hydrogens (tertiary/aromatic N) is 5. The fraction of sp³-hybridized carbons (Fsp3) is 0.389. The molecule has 0 aliphatic rings. The molecule has 6 heteroatoms. The number of aromatic nitrogens is 4. The molecule has 3 rings (SSSR count). The normalized spacial score (nSPS) is 11.2. The quantitative estimate of drug-likeness (QED) is 0.741. The van der Waals surface area contributed by atoms with Gasteiger partial charge in [0.15, 0.2) is 0 Å². The average Bonchev–Trinajstić information content (AvgIpc) is 3.06. The summed E-state index contributed by atoms with van der Waals surface area (Å²) in [5, 5.41) is 8.76. The molecule has 3 aromatic heterocycles. The SMILES string of the molecule is CCN(Cc1c(C)nn(C)c1C)C(=O)c1cnn2cc(C)ccc12. The van der Waals surface area contributed by atoms with Crippen molar-refractivity contribution in [3.8, 4) is 0 Å². The van der Waals surface area contributed by atoms with E-state index in [1.54, 1.807) is 10.7 Å². The van der Waals surface area contributed by atoms with Crippen molar-refractivity contribution in [3.63, 3.8) is 0 Å². The van der Waals surface area contributed by atoms with E-state index < -0.39 is 0 Å². The molecule has 0 atom stereocenters. The van der Waals surface area contributed by atoms with E-state index in [1.165, 1.54) is 0 Å². The van der Waals surface area contributed by atoms with E-state index in [0.717, 1.165) is 28.0 Å². The predicted octanol–water partition coefficient (Wildman–Crippen LogP) is 2.66. The third-order valence-corrected chi connectivity index (χ3v) is 4.57. The van der Waals surface area contributed by atoms with Gasteiger partial charge < -0.3 is 4.90 Å². The van der Waals surface area contributed by atoms with Crippen LogP contribution in [-0.2, 0) is 13.6 Å². The van der Waals surface area contributed by atoms with Crippen LogP contribution in [0.5, 0.6) is 0 Å². The zero-order valence-corrected chi connectivity index (χ0v) is 14.9. The van der Waals surface area contributed by atoms with E-state index in [0.29, 0.717) is 18.7 Å². The van der Waals surface area contributed by atoms with Gasteiger partial charge in [-0.05, 0) is 39.3 Å². The Balaban J connectivity index is 1.93. The third-order valence-electron chi connectivity index (χ3n) is 4.57. The lowest BCUT2D eigenvalue weighted by atomic mass is 10.1. The van der Waals surface area contributed by atoms with Crippen LogP contribution in [0.25, 0.3) is 5.52 Å². The number of aryl methyl sites for hydroxylation is 3. The molecule has 0 aliphatic heterocycles. The van der Waals surface area contributed by atoms with Crippen LogP contribution < -0.4 is 0 Å². The second-order valence-corrected chi connectivity index (χ2v) is 6.19. The number of rotatable bonds is 4. The largest absolute Gasteiger partial charge is 0.334 e. The zero-order chi connectivity index (χ0) is 17.4.